The van der Waals surface area contributed by atoms with Gasteiger partial charge in [-0.2, -0.15) is 0 Å². The molecule has 2 heterocycles. The zero-order valence-corrected chi connectivity index (χ0v) is 20.0. The quantitative estimate of drug-likeness (QED) is 0.659. The number of anilines is 2. The number of hydrogen-bond donors (Lipinski definition) is 2. The summed E-state index contributed by atoms with van der Waals surface area (Å²) in [5.41, 5.74) is 2.80. The number of piperidine rings is 1. The number of sulfonamides is 1. The Hall–Kier alpha value is -2.52. The van der Waals surface area contributed by atoms with Gasteiger partial charge in [-0.15, -0.1) is 11.8 Å². The van der Waals surface area contributed by atoms with E-state index in [1.807, 2.05) is 19.9 Å². The maximum Gasteiger partial charge on any atom is 0.261 e. The number of nitrogens with zero attached hydrogens (tertiary/aromatic N) is 1. The van der Waals surface area contributed by atoms with Crippen LogP contribution in [0.5, 0.6) is 0 Å². The molecule has 1 atom stereocenters. The Labute approximate surface area is 193 Å². The van der Waals surface area contributed by atoms with Crippen LogP contribution in [0, 0.1) is 19.8 Å². The molecule has 4 rings (SSSR count). The second-order valence-electron chi connectivity index (χ2n) is 8.63. The van der Waals surface area contributed by atoms with Gasteiger partial charge >= 0.3 is 0 Å². The molecule has 2 aromatic rings. The second-order valence-corrected chi connectivity index (χ2v) is 11.5. The lowest BCUT2D eigenvalue weighted by molar-refractivity contribution is -0.135. The number of rotatable bonds is 4. The third-order valence-electron chi connectivity index (χ3n) is 5.80. The van der Waals surface area contributed by atoms with E-state index in [1.54, 1.807) is 23.1 Å². The average Bonchev–Trinajstić information content (AvgIpc) is 2.71. The van der Waals surface area contributed by atoms with Crippen LogP contribution < -0.4 is 10.0 Å². The Morgan fingerprint density at radius 3 is 2.41 bits per heavy atom. The van der Waals surface area contributed by atoms with Crippen LogP contribution in [0.15, 0.2) is 46.2 Å². The molecular weight excluding hydrogens is 446 g/mol. The van der Waals surface area contributed by atoms with Crippen molar-refractivity contribution in [3.8, 4) is 0 Å². The summed E-state index contributed by atoms with van der Waals surface area (Å²) in [5.74, 6) is -0.00789. The molecular formula is C23H27N3O4S2. The van der Waals surface area contributed by atoms with Gasteiger partial charge in [0.05, 0.1) is 10.6 Å². The van der Waals surface area contributed by atoms with E-state index in [-0.39, 0.29) is 10.8 Å². The fraction of sp³-hybridized carbons (Fsp3) is 0.391. The van der Waals surface area contributed by atoms with Crippen molar-refractivity contribution in [1.82, 2.24) is 4.90 Å². The van der Waals surface area contributed by atoms with Crippen LogP contribution in [-0.4, -0.2) is 43.5 Å². The molecule has 0 unspecified atom stereocenters. The number of carbonyl (C=O) groups is 2. The van der Waals surface area contributed by atoms with Gasteiger partial charge in [0.1, 0.15) is 0 Å². The Morgan fingerprint density at radius 1 is 1.09 bits per heavy atom. The summed E-state index contributed by atoms with van der Waals surface area (Å²) in [6, 6.07) is 10.1. The van der Waals surface area contributed by atoms with Gasteiger partial charge in [-0.1, -0.05) is 13.0 Å². The third kappa shape index (κ3) is 4.78. The molecule has 0 spiro atoms. The largest absolute Gasteiger partial charge is 0.341 e. The van der Waals surface area contributed by atoms with Crippen molar-refractivity contribution in [2.24, 2.45) is 5.92 Å². The molecule has 2 aliphatic heterocycles. The number of amides is 2. The highest BCUT2D eigenvalue weighted by molar-refractivity contribution is 8.01. The maximum absolute atomic E-state index is 12.9. The van der Waals surface area contributed by atoms with Crippen molar-refractivity contribution < 1.29 is 18.0 Å². The second kappa shape index (κ2) is 8.78. The summed E-state index contributed by atoms with van der Waals surface area (Å²) in [7, 11) is -3.84. The number of aryl methyl sites for hydroxylation is 2. The van der Waals surface area contributed by atoms with Crippen LogP contribution >= 0.6 is 11.8 Å². The number of benzene rings is 2. The molecule has 2 N–H and O–H groups in total. The predicted molar refractivity (Wildman–Crippen MR) is 126 cm³/mol. The highest BCUT2D eigenvalue weighted by atomic mass is 32.2. The van der Waals surface area contributed by atoms with Crippen molar-refractivity contribution in [3.63, 3.8) is 0 Å². The first-order chi connectivity index (χ1) is 15.1. The van der Waals surface area contributed by atoms with Gasteiger partial charge < -0.3 is 10.2 Å². The van der Waals surface area contributed by atoms with Gasteiger partial charge in [0.15, 0.2) is 5.25 Å². The Kier molecular flexibility index (Phi) is 6.22. The molecule has 170 valence electrons. The van der Waals surface area contributed by atoms with Crippen molar-refractivity contribution in [2.45, 2.75) is 48.7 Å². The number of hydrogen-bond acceptors (Lipinski definition) is 5. The summed E-state index contributed by atoms with van der Waals surface area (Å²) in [6.07, 6.45) is 1.88. The normalized spacial score (nSPS) is 19.3. The van der Waals surface area contributed by atoms with E-state index in [9.17, 15) is 18.0 Å². The zero-order valence-electron chi connectivity index (χ0n) is 18.3. The summed E-state index contributed by atoms with van der Waals surface area (Å²) in [4.78, 5) is 28.1. The number of carbonyl (C=O) groups excluding carboxylic acids is 2. The highest BCUT2D eigenvalue weighted by Gasteiger charge is 2.37. The Bertz CT molecular complexity index is 1150. The number of likely N-dealkylation sites (tertiary alicyclic amines) is 1. The van der Waals surface area contributed by atoms with E-state index in [2.05, 4.69) is 17.0 Å². The topological polar surface area (TPSA) is 95.6 Å². The van der Waals surface area contributed by atoms with Gasteiger partial charge in [0.25, 0.3) is 10.0 Å². The van der Waals surface area contributed by atoms with Crippen molar-refractivity contribution in [1.29, 1.82) is 0 Å². The maximum atomic E-state index is 12.9. The lowest BCUT2D eigenvalue weighted by Gasteiger charge is -2.33. The van der Waals surface area contributed by atoms with Crippen molar-refractivity contribution >= 4 is 45.0 Å². The summed E-state index contributed by atoms with van der Waals surface area (Å²) in [6.45, 7) is 7.30. The first-order valence-electron chi connectivity index (χ1n) is 10.6. The van der Waals surface area contributed by atoms with Crippen LogP contribution in [-0.2, 0) is 19.6 Å². The number of thioether (sulfide) groups is 1. The number of nitrogens with one attached hydrogen (secondary N) is 2. The minimum atomic E-state index is -3.84. The third-order valence-corrected chi connectivity index (χ3v) is 8.44. The molecule has 0 aliphatic carbocycles. The van der Waals surface area contributed by atoms with E-state index in [0.29, 0.717) is 35.3 Å². The first kappa shape index (κ1) is 22.7. The lowest BCUT2D eigenvalue weighted by Crippen LogP contribution is -2.47. The number of fused-ring (bicyclic) bond motifs is 1. The van der Waals surface area contributed by atoms with Crippen molar-refractivity contribution in [3.05, 3.63) is 47.5 Å². The van der Waals surface area contributed by atoms with Gasteiger partial charge in [-0.3, -0.25) is 14.3 Å². The van der Waals surface area contributed by atoms with Gasteiger partial charge in [-0.25, -0.2) is 8.42 Å². The molecule has 0 saturated carbocycles. The fourth-order valence-electron chi connectivity index (χ4n) is 4.06. The molecule has 1 saturated heterocycles. The Balaban J connectivity index is 1.52. The summed E-state index contributed by atoms with van der Waals surface area (Å²) < 4.78 is 28.4. The van der Waals surface area contributed by atoms with Crippen LogP contribution in [0.3, 0.4) is 0 Å². The Morgan fingerprint density at radius 2 is 1.75 bits per heavy atom. The van der Waals surface area contributed by atoms with Gasteiger partial charge in [0.2, 0.25) is 11.8 Å². The molecule has 0 radical (unpaired) electrons. The molecule has 0 aromatic heterocycles. The van der Waals surface area contributed by atoms with E-state index < -0.39 is 21.2 Å². The standard InChI is InChI=1S/C23H27N3O4S2/c1-14-6-8-26(9-7-14)23(28)21-22(27)24-19-13-18(4-5-20(19)31-21)32(29,30)25-17-11-15(2)10-16(3)12-17/h4-5,10-14,21,25H,6-9H2,1-3H3,(H,24,27)/t21-/m1/s1. The molecule has 2 aromatic carbocycles. The van der Waals surface area contributed by atoms with Gasteiger partial charge in [0, 0.05) is 23.7 Å². The molecule has 32 heavy (non-hydrogen) atoms. The van der Waals surface area contributed by atoms with Crippen molar-refractivity contribution in [2.75, 3.05) is 23.1 Å². The molecule has 2 aliphatic rings. The van der Waals surface area contributed by atoms with E-state index in [1.165, 1.54) is 23.9 Å². The van der Waals surface area contributed by atoms with Crippen LogP contribution in [0.2, 0.25) is 0 Å². The molecule has 0 bridgehead atoms. The monoisotopic (exact) mass is 473 g/mol. The smallest absolute Gasteiger partial charge is 0.261 e. The minimum Gasteiger partial charge on any atom is -0.341 e. The van der Waals surface area contributed by atoms with E-state index in [0.717, 1.165) is 24.0 Å². The van der Waals surface area contributed by atoms with Crippen LogP contribution in [0.25, 0.3) is 0 Å². The van der Waals surface area contributed by atoms with E-state index >= 15 is 0 Å². The summed E-state index contributed by atoms with van der Waals surface area (Å²) in [5, 5.41) is 1.88. The van der Waals surface area contributed by atoms with E-state index in [4.69, 9.17) is 0 Å². The average molecular weight is 474 g/mol. The van der Waals surface area contributed by atoms with Gasteiger partial charge in [-0.05, 0) is 74.1 Å². The lowest BCUT2D eigenvalue weighted by atomic mass is 9.99. The molecule has 2 amide bonds. The predicted octanol–water partition coefficient (Wildman–Crippen LogP) is 3.78. The SMILES string of the molecule is Cc1cc(C)cc(NS(=O)(=O)c2ccc3c(c2)NC(=O)[C@H](C(=O)N2CCC(C)CC2)S3)c1. The molecule has 9 heteroatoms. The molecule has 7 nitrogen and oxygen atoms in total. The zero-order chi connectivity index (χ0) is 23.0. The highest BCUT2D eigenvalue weighted by Crippen LogP contribution is 2.38. The first-order valence-corrected chi connectivity index (χ1v) is 13.0. The van der Waals surface area contributed by atoms with Crippen LogP contribution in [0.4, 0.5) is 11.4 Å². The van der Waals surface area contributed by atoms with Crippen LogP contribution in [0.1, 0.15) is 30.9 Å². The molecule has 1 fully saturated rings. The fourth-order valence-corrected chi connectivity index (χ4v) is 6.18. The minimum absolute atomic E-state index is 0.0473. The summed E-state index contributed by atoms with van der Waals surface area (Å²) >= 11 is 1.18.